The van der Waals surface area contributed by atoms with Crippen molar-refractivity contribution < 1.29 is 87.5 Å². The number of hydrogen-bond acceptors (Lipinski definition) is 19. The molecule has 0 spiro atoms. The number of aromatic amines is 4. The third kappa shape index (κ3) is 24.0. The minimum absolute atomic E-state index is 0.00217. The maximum atomic E-state index is 15.0. The molecule has 108 heavy (non-hydrogen) atoms. The molecule has 0 unspecified atom stereocenters. The summed E-state index contributed by atoms with van der Waals surface area (Å²) in [4.78, 5) is 214. The van der Waals surface area contributed by atoms with Crippen LogP contribution >= 0.6 is 0 Å². The highest BCUT2D eigenvalue weighted by Gasteiger charge is 2.42. The zero-order valence-electron chi connectivity index (χ0n) is 60.8. The number of carboxylic acid groups (broad SMARTS) is 2. The number of aliphatic hydroxyl groups is 2. The van der Waals surface area contributed by atoms with Crippen LogP contribution in [0.15, 0.2) is 86.0 Å². The van der Waals surface area contributed by atoms with Gasteiger partial charge in [0.2, 0.25) is 70.9 Å². The molecular weight excluding hydrogens is 1410 g/mol. The fraction of sp³-hybridized carbons (Fsp3) is 0.493. The van der Waals surface area contributed by atoms with E-state index in [9.17, 15) is 87.5 Å². The van der Waals surface area contributed by atoms with Gasteiger partial charge in [-0.15, -0.1) is 0 Å². The number of hydrogen-bond donors (Lipinski definition) is 20. The molecule has 0 bridgehead atoms. The quantitative estimate of drug-likeness (QED) is 0.0185. The standard InChI is InChI=1S/C71H97N19O18/c1-34(2)21-49(65(101)89-59(38(7)92)69(105)87-54(71(107)108)22-35(3)4)83-62(98)50(24-40-29-77-47-16-11-9-14-44(40)47)84-64(100)52(26-42-31-75-33-79-42)85-63(99)51(25-41-30-74-32-78-41)82-60(96)36(5)80-68(104)58(37(6)91)88-66(102)53(27-57(94)95)86-67(103)55-17-12-20-90(55)70(106)48(18-19-56(73)93)81-61(97)45(72)23-39-28-76-46-15-10-8-13-43(39)46/h8-11,13-16,28-38,45,48-55,58-59,76-77,91-92H,12,17-27,72H2,1-7H3,(H2,73,93)(H,74,78)(H,75,79)(H,80,104)(H,81,97)(H,82,96)(H,83,98)(H,84,100)(H,85,99)(H,86,103)(H,87,105)(H,88,102)(H,89,101)(H,94,95)(H,107,108)/t36-,37+,38+,45-,48-,49-,50-,51-,52-,53-,54-,55-,58-,59-/m0/s1. The van der Waals surface area contributed by atoms with E-state index in [1.165, 1.54) is 38.9 Å². The van der Waals surface area contributed by atoms with Crippen LogP contribution < -0.4 is 64.6 Å². The van der Waals surface area contributed by atoms with E-state index in [0.29, 0.717) is 27.7 Å². The first-order valence-corrected chi connectivity index (χ1v) is 35.4. The number of nitrogens with two attached hydrogens (primary N) is 2. The minimum Gasteiger partial charge on any atom is -0.481 e. The van der Waals surface area contributed by atoms with E-state index in [1.807, 2.05) is 24.3 Å². The Morgan fingerprint density at radius 2 is 0.954 bits per heavy atom. The van der Waals surface area contributed by atoms with Crippen LogP contribution in [0, 0.1) is 11.8 Å². The van der Waals surface area contributed by atoms with Crippen LogP contribution in [0.4, 0.5) is 0 Å². The highest BCUT2D eigenvalue weighted by molar-refractivity contribution is 6.01. The molecule has 1 aliphatic rings. The van der Waals surface area contributed by atoms with Gasteiger partial charge in [0.25, 0.3) is 0 Å². The number of nitrogens with one attached hydrogen (secondary N) is 14. The predicted octanol–water partition coefficient (Wildman–Crippen LogP) is -2.77. The molecule has 37 heteroatoms. The third-order valence-electron chi connectivity index (χ3n) is 18.1. The number of primary amides is 1. The average Bonchev–Trinajstić information content (AvgIpc) is 1.65. The molecule has 37 nitrogen and oxygen atoms in total. The molecule has 584 valence electrons. The number of nitrogens with zero attached hydrogens (tertiary/aromatic N) is 3. The number of carboxylic acids is 2. The molecule has 2 aromatic carbocycles. The number of carbonyl (C=O) groups excluding carboxylic acids is 12. The van der Waals surface area contributed by atoms with Crippen molar-refractivity contribution in [3.8, 4) is 0 Å². The predicted molar refractivity (Wildman–Crippen MR) is 387 cm³/mol. The number of aromatic nitrogens is 6. The Morgan fingerprint density at radius 3 is 1.44 bits per heavy atom. The first-order chi connectivity index (χ1) is 51.2. The molecule has 0 radical (unpaired) electrons. The monoisotopic (exact) mass is 1500 g/mol. The summed E-state index contributed by atoms with van der Waals surface area (Å²) in [7, 11) is 0. The number of benzene rings is 2. The number of para-hydroxylation sites is 2. The summed E-state index contributed by atoms with van der Waals surface area (Å²) in [5, 5.41) is 67.9. The summed E-state index contributed by atoms with van der Waals surface area (Å²) in [5.41, 5.74) is 15.1. The van der Waals surface area contributed by atoms with Gasteiger partial charge in [0, 0.05) is 90.2 Å². The Balaban J connectivity index is 1.05. The Hall–Kier alpha value is -11.6. The van der Waals surface area contributed by atoms with Gasteiger partial charge in [-0.1, -0.05) is 64.1 Å². The number of aliphatic carboxylic acids is 2. The molecule has 5 heterocycles. The van der Waals surface area contributed by atoms with Crippen molar-refractivity contribution in [3.05, 3.63) is 108 Å². The van der Waals surface area contributed by atoms with Crippen LogP contribution in [0.2, 0.25) is 0 Å². The van der Waals surface area contributed by atoms with Crippen molar-refractivity contribution in [2.45, 2.75) is 204 Å². The molecule has 0 aliphatic carbocycles. The number of aliphatic hydroxyl groups excluding tert-OH is 2. The lowest BCUT2D eigenvalue weighted by atomic mass is 9.99. The second kappa shape index (κ2) is 39.1. The fourth-order valence-corrected chi connectivity index (χ4v) is 12.4. The fourth-order valence-electron chi connectivity index (χ4n) is 12.4. The Labute approximate surface area is 619 Å². The third-order valence-corrected chi connectivity index (χ3v) is 18.1. The largest absolute Gasteiger partial charge is 0.481 e. The molecule has 1 aliphatic heterocycles. The second-order valence-electron chi connectivity index (χ2n) is 27.8. The van der Waals surface area contributed by atoms with Crippen LogP contribution in [0.3, 0.4) is 0 Å². The Bertz CT molecular complexity index is 4160. The van der Waals surface area contributed by atoms with Crippen molar-refractivity contribution in [2.24, 2.45) is 23.3 Å². The molecule has 7 rings (SSSR count). The highest BCUT2D eigenvalue weighted by atomic mass is 16.4. The maximum Gasteiger partial charge on any atom is 0.326 e. The number of H-pyrrole nitrogens is 4. The summed E-state index contributed by atoms with van der Waals surface area (Å²) in [5.74, 6) is -15.2. The SMILES string of the molecule is CC(C)C[C@H](NC(=O)[C@@H](NC(=O)[C@H](CC(C)C)NC(=O)[C@H](Cc1c[nH]c2ccccc12)NC(=O)[C@H](Cc1cnc[nH]1)NC(=O)[C@H](Cc1cnc[nH]1)NC(=O)[C@H](C)NC(=O)[C@@H](NC(=O)[C@H](CC(=O)O)NC(=O)[C@@H]1CCCN1C(=O)[C@H](CCC(N)=O)NC(=O)[C@@H](N)Cc1c[nH]c2ccccc12)[C@@H](C)O)[C@@H](C)O)C(=O)O. The van der Waals surface area contributed by atoms with Gasteiger partial charge in [-0.05, 0) is 94.4 Å². The van der Waals surface area contributed by atoms with Crippen molar-refractivity contribution in [1.82, 2.24) is 88.0 Å². The highest BCUT2D eigenvalue weighted by Crippen LogP contribution is 2.24. The summed E-state index contributed by atoms with van der Waals surface area (Å²) in [6, 6.07) is -4.31. The van der Waals surface area contributed by atoms with E-state index in [-0.39, 0.29) is 88.3 Å². The van der Waals surface area contributed by atoms with E-state index in [2.05, 4.69) is 83.1 Å². The minimum atomic E-state index is -1.96. The molecule has 6 aromatic rings. The molecule has 22 N–H and O–H groups in total. The van der Waals surface area contributed by atoms with Gasteiger partial charge < -0.3 is 110 Å². The zero-order chi connectivity index (χ0) is 79.2. The molecule has 12 amide bonds. The number of likely N-dealkylation sites (tertiary alicyclic amines) is 1. The van der Waals surface area contributed by atoms with Crippen LogP contribution in [0.5, 0.6) is 0 Å². The molecule has 4 aromatic heterocycles. The second-order valence-corrected chi connectivity index (χ2v) is 27.8. The van der Waals surface area contributed by atoms with E-state index in [4.69, 9.17) is 11.5 Å². The first-order valence-electron chi connectivity index (χ1n) is 35.4. The van der Waals surface area contributed by atoms with Crippen molar-refractivity contribution in [1.29, 1.82) is 0 Å². The number of carbonyl (C=O) groups is 14. The lowest BCUT2D eigenvalue weighted by Crippen LogP contribution is -2.62. The van der Waals surface area contributed by atoms with E-state index >= 15 is 0 Å². The van der Waals surface area contributed by atoms with Crippen molar-refractivity contribution >= 4 is 105 Å². The van der Waals surface area contributed by atoms with E-state index < -0.39 is 174 Å². The van der Waals surface area contributed by atoms with Crippen molar-refractivity contribution in [2.75, 3.05) is 6.54 Å². The number of amides is 12. The average molecular weight is 1500 g/mol. The number of imidazole rings is 2. The van der Waals surface area contributed by atoms with Gasteiger partial charge in [-0.25, -0.2) is 14.8 Å². The van der Waals surface area contributed by atoms with Gasteiger partial charge >= 0.3 is 11.9 Å². The maximum absolute atomic E-state index is 15.0. The zero-order valence-corrected chi connectivity index (χ0v) is 60.8. The molecule has 1 fully saturated rings. The number of fused-ring (bicyclic) bond motifs is 2. The van der Waals surface area contributed by atoms with Crippen LogP contribution in [-0.4, -0.2) is 229 Å². The smallest absolute Gasteiger partial charge is 0.326 e. The Kier molecular flexibility index (Phi) is 30.3. The Morgan fingerprint density at radius 1 is 0.509 bits per heavy atom. The topological polar surface area (TPSA) is 584 Å². The normalized spacial score (nSPS) is 16.5. The van der Waals surface area contributed by atoms with Gasteiger partial charge in [-0.2, -0.15) is 0 Å². The van der Waals surface area contributed by atoms with Crippen molar-refractivity contribution in [3.63, 3.8) is 0 Å². The summed E-state index contributed by atoms with van der Waals surface area (Å²) in [6.07, 6.45) is 2.94. The lowest BCUT2D eigenvalue weighted by Gasteiger charge is -2.30. The van der Waals surface area contributed by atoms with Gasteiger partial charge in [0.05, 0.1) is 37.3 Å². The number of rotatable bonds is 41. The van der Waals surface area contributed by atoms with E-state index in [1.54, 1.807) is 64.4 Å². The summed E-state index contributed by atoms with van der Waals surface area (Å²) in [6.45, 7) is 10.4. The van der Waals surface area contributed by atoms with Crippen LogP contribution in [-0.2, 0) is 92.8 Å². The molecular formula is C71H97N19O18. The van der Waals surface area contributed by atoms with E-state index in [0.717, 1.165) is 22.7 Å². The van der Waals surface area contributed by atoms with Crippen LogP contribution in [0.25, 0.3) is 21.8 Å². The molecule has 0 saturated carbocycles. The van der Waals surface area contributed by atoms with Gasteiger partial charge in [-0.3, -0.25) is 62.3 Å². The van der Waals surface area contributed by atoms with Gasteiger partial charge in [0.15, 0.2) is 0 Å². The van der Waals surface area contributed by atoms with Crippen LogP contribution in [0.1, 0.15) is 116 Å². The first kappa shape index (κ1) is 83.7. The molecule has 14 atom stereocenters. The summed E-state index contributed by atoms with van der Waals surface area (Å²) < 4.78 is 0. The molecule has 1 saturated heterocycles. The van der Waals surface area contributed by atoms with Gasteiger partial charge in [0.1, 0.15) is 66.5 Å². The summed E-state index contributed by atoms with van der Waals surface area (Å²) >= 11 is 0. The lowest BCUT2D eigenvalue weighted by molar-refractivity contribution is -0.144.